The molecule has 0 spiro atoms. The van der Waals surface area contributed by atoms with Gasteiger partial charge in [-0.25, -0.2) is 0 Å². The quantitative estimate of drug-likeness (QED) is 0.384. The molecular formula is C29H37Cl2Hf. The predicted octanol–water partition coefficient (Wildman–Crippen LogP) is 2.10. The second kappa shape index (κ2) is 7.69. The van der Waals surface area contributed by atoms with Gasteiger partial charge in [0.15, 0.2) is 0 Å². The fourth-order valence-electron chi connectivity index (χ4n) is 7.93. The standard InChI is InChI=1S/C29H37.2ClH.Hf/c1-18-25-22-17-19-13-9-10-14-20(19)24(22)21-15-11-12-16-23(21)29(25,8)28(6,7)27(4,5)26(18,2)3;;;/h9-11,13-15,23H,12,16-17H2,1-8H3;2*1H;/q;;;+2/p-2. The van der Waals surface area contributed by atoms with Crippen LogP contribution in [0.2, 0.25) is 3.17 Å². The van der Waals surface area contributed by atoms with E-state index in [0.717, 1.165) is 6.42 Å². The Labute approximate surface area is 223 Å². The number of fused-ring (bicyclic) bond motifs is 6. The first-order chi connectivity index (χ1) is 13.8. The fourth-order valence-corrected chi connectivity index (χ4v) is 10.5. The number of allylic oxidation sites excluding steroid dienone is 6. The summed E-state index contributed by atoms with van der Waals surface area (Å²) in [6.45, 7) is 20.8. The van der Waals surface area contributed by atoms with E-state index in [1.807, 2.05) is 5.57 Å². The van der Waals surface area contributed by atoms with Crippen molar-refractivity contribution in [1.29, 1.82) is 0 Å². The van der Waals surface area contributed by atoms with E-state index in [1.165, 1.54) is 42.8 Å². The van der Waals surface area contributed by atoms with Crippen LogP contribution in [0.1, 0.15) is 79.4 Å². The number of hydrogen-bond donors (Lipinski definition) is 0. The van der Waals surface area contributed by atoms with E-state index in [1.54, 1.807) is 22.3 Å². The monoisotopic (exact) mass is 635 g/mol. The Hall–Kier alpha value is -0.110. The molecule has 0 bridgehead atoms. The molecule has 0 aromatic heterocycles. The van der Waals surface area contributed by atoms with Crippen LogP contribution in [0.25, 0.3) is 5.57 Å². The number of rotatable bonds is 0. The van der Waals surface area contributed by atoms with E-state index in [2.05, 4.69) is 91.8 Å². The zero-order valence-corrected chi connectivity index (χ0v) is 26.0. The second-order valence-electron chi connectivity index (χ2n) is 12.3. The molecule has 1 aromatic carbocycles. The van der Waals surface area contributed by atoms with Gasteiger partial charge in [-0.3, -0.25) is 0 Å². The molecule has 3 heteroatoms. The van der Waals surface area contributed by atoms with Crippen LogP contribution in [0.3, 0.4) is 0 Å². The third kappa shape index (κ3) is 2.71. The van der Waals surface area contributed by atoms with Crippen LogP contribution in [0, 0.1) is 27.6 Å². The summed E-state index contributed by atoms with van der Waals surface area (Å²) in [5.41, 5.74) is 10.8. The van der Waals surface area contributed by atoms with Crippen molar-refractivity contribution in [1.82, 2.24) is 0 Å². The maximum Gasteiger partial charge on any atom is -1.00 e. The third-order valence-corrected chi connectivity index (χ3v) is 14.4. The Morgan fingerprint density at radius 2 is 1.47 bits per heavy atom. The average Bonchev–Trinajstić information content (AvgIpc) is 3.05. The summed E-state index contributed by atoms with van der Waals surface area (Å²) in [5.74, 6) is 0.626. The van der Waals surface area contributed by atoms with Crippen molar-refractivity contribution in [2.24, 2.45) is 27.6 Å². The zero-order valence-electron chi connectivity index (χ0n) is 20.9. The van der Waals surface area contributed by atoms with Crippen LogP contribution in [-0.2, 0) is 30.8 Å². The van der Waals surface area contributed by atoms with Gasteiger partial charge in [0.05, 0.1) is 0 Å². The average molecular weight is 635 g/mol. The molecule has 0 nitrogen and oxygen atoms in total. The minimum Gasteiger partial charge on any atom is -1.00 e. The number of benzene rings is 1. The van der Waals surface area contributed by atoms with E-state index in [4.69, 9.17) is 0 Å². The molecule has 0 aliphatic heterocycles. The minimum atomic E-state index is 0. The van der Waals surface area contributed by atoms with Crippen LogP contribution in [-0.4, -0.2) is 0 Å². The molecule has 4 aliphatic carbocycles. The summed E-state index contributed by atoms with van der Waals surface area (Å²) in [6, 6.07) is 9.24. The number of halogens is 2. The smallest absolute Gasteiger partial charge is 1.00 e. The van der Waals surface area contributed by atoms with Gasteiger partial charge >= 0.3 is 200 Å². The van der Waals surface area contributed by atoms with Crippen molar-refractivity contribution in [3.8, 4) is 0 Å². The summed E-state index contributed by atoms with van der Waals surface area (Å²) < 4.78 is 0.274. The van der Waals surface area contributed by atoms with E-state index in [9.17, 15) is 0 Å². The van der Waals surface area contributed by atoms with Gasteiger partial charge in [-0.05, 0) is 0 Å². The Balaban J connectivity index is 0.00000144. The molecule has 0 saturated heterocycles. The first-order valence-electron chi connectivity index (χ1n) is 11.8. The molecule has 3 atom stereocenters. The van der Waals surface area contributed by atoms with Crippen LogP contribution in [0.15, 0.2) is 53.1 Å². The van der Waals surface area contributed by atoms with Crippen molar-refractivity contribution in [3.63, 3.8) is 0 Å². The number of hydrogen-bond acceptors (Lipinski definition) is 0. The molecule has 1 fully saturated rings. The van der Waals surface area contributed by atoms with Crippen molar-refractivity contribution in [3.05, 3.63) is 64.3 Å². The molecule has 1 saturated carbocycles. The van der Waals surface area contributed by atoms with Crippen molar-refractivity contribution >= 4 is 5.57 Å². The molecule has 0 heterocycles. The summed E-state index contributed by atoms with van der Waals surface area (Å²) in [5, 5.41) is 0. The summed E-state index contributed by atoms with van der Waals surface area (Å²) in [7, 11) is 0. The van der Waals surface area contributed by atoms with E-state index in [-0.39, 0.29) is 49.6 Å². The van der Waals surface area contributed by atoms with Gasteiger partial charge in [0, 0.05) is 0 Å². The van der Waals surface area contributed by atoms with Gasteiger partial charge in [-0.2, -0.15) is 0 Å². The topological polar surface area (TPSA) is 0 Å². The van der Waals surface area contributed by atoms with E-state index < -0.39 is 0 Å². The van der Waals surface area contributed by atoms with Crippen molar-refractivity contribution in [2.75, 3.05) is 0 Å². The van der Waals surface area contributed by atoms with Crippen LogP contribution in [0.5, 0.6) is 0 Å². The third-order valence-electron chi connectivity index (χ3n) is 11.2. The maximum atomic E-state index is 2.67. The normalized spacial score (nSPS) is 35.1. The molecule has 3 unspecified atom stereocenters. The largest absolute Gasteiger partial charge is 1.00 e. The van der Waals surface area contributed by atoms with Gasteiger partial charge in [-0.15, -0.1) is 0 Å². The molecule has 1 aromatic rings. The fraction of sp³-hybridized carbons (Fsp3) is 0.586. The molecule has 0 radical (unpaired) electrons. The molecule has 0 N–H and O–H groups in total. The van der Waals surface area contributed by atoms with Gasteiger partial charge in [-0.1, -0.05) is 0 Å². The summed E-state index contributed by atoms with van der Waals surface area (Å²) in [4.78, 5) is 0. The van der Waals surface area contributed by atoms with Gasteiger partial charge in [0.25, 0.3) is 0 Å². The first-order valence-corrected chi connectivity index (χ1v) is 13.6. The second-order valence-corrected chi connectivity index (χ2v) is 15.8. The minimum absolute atomic E-state index is 0. The molecule has 5 rings (SSSR count). The van der Waals surface area contributed by atoms with Crippen molar-refractivity contribution in [2.45, 2.75) is 77.8 Å². The van der Waals surface area contributed by atoms with E-state index >= 15 is 0 Å². The molecule has 0 amide bonds. The molecular weight excluding hydrogens is 598 g/mol. The van der Waals surface area contributed by atoms with Gasteiger partial charge in [0.2, 0.25) is 0 Å². The molecule has 4 aliphatic rings. The Morgan fingerprint density at radius 3 is 2.12 bits per heavy atom. The maximum absolute atomic E-state index is 2.67. The Bertz CT molecular complexity index is 1050. The molecule has 171 valence electrons. The summed E-state index contributed by atoms with van der Waals surface area (Å²) >= 11 is 1.19. The van der Waals surface area contributed by atoms with Crippen LogP contribution >= 0.6 is 0 Å². The summed E-state index contributed by atoms with van der Waals surface area (Å²) in [6.07, 6.45) is 8.60. The predicted molar refractivity (Wildman–Crippen MR) is 124 cm³/mol. The van der Waals surface area contributed by atoms with Gasteiger partial charge < -0.3 is 24.8 Å². The zero-order chi connectivity index (χ0) is 21.9. The van der Waals surface area contributed by atoms with Crippen LogP contribution < -0.4 is 24.8 Å². The first kappa shape index (κ1) is 26.5. The molecule has 32 heavy (non-hydrogen) atoms. The van der Waals surface area contributed by atoms with Gasteiger partial charge in [0.1, 0.15) is 0 Å². The SMILES string of the molecule is C[C]1([Hf+2])C2=C3Cc4ccccc4C3=C3C=CCCC3C2(C)C(C)(C)C(C)(C)C1(C)C.[Cl-].[Cl-]. The van der Waals surface area contributed by atoms with E-state index in [0.29, 0.717) is 5.92 Å². The Morgan fingerprint density at radius 1 is 0.844 bits per heavy atom. The Kier molecular flexibility index (Phi) is 6.37. The van der Waals surface area contributed by atoms with Crippen molar-refractivity contribution < 1.29 is 49.2 Å². The van der Waals surface area contributed by atoms with Crippen LogP contribution in [0.4, 0.5) is 0 Å².